The Balaban J connectivity index is 1.56. The van der Waals surface area contributed by atoms with Crippen LogP contribution in [-0.4, -0.2) is 70.3 Å². The molecule has 39 heavy (non-hydrogen) atoms. The molecule has 0 bridgehead atoms. The zero-order valence-electron chi connectivity index (χ0n) is 25.3. The van der Waals surface area contributed by atoms with Gasteiger partial charge >= 0.3 is 0 Å². The maximum atomic E-state index is 14.9. The van der Waals surface area contributed by atoms with Crippen LogP contribution in [0.3, 0.4) is 0 Å². The van der Waals surface area contributed by atoms with Gasteiger partial charge in [0.2, 0.25) is 11.8 Å². The highest BCUT2D eigenvalue weighted by Crippen LogP contribution is 2.41. The fraction of sp³-hybridized carbons (Fsp3) is 0.750. The number of benzene rings is 1. The summed E-state index contributed by atoms with van der Waals surface area (Å²) in [5.74, 6) is -1.77. The van der Waals surface area contributed by atoms with E-state index in [1.165, 1.54) is 12.1 Å². The molecular formula is C32H49F2N3O2. The van der Waals surface area contributed by atoms with Gasteiger partial charge in [-0.25, -0.2) is 8.78 Å². The summed E-state index contributed by atoms with van der Waals surface area (Å²) in [6.45, 7) is 19.1. The van der Waals surface area contributed by atoms with Crippen LogP contribution in [0.15, 0.2) is 18.2 Å². The number of carbonyl (C=O) groups excluding carboxylic acids is 2. The molecular weight excluding hydrogens is 496 g/mol. The summed E-state index contributed by atoms with van der Waals surface area (Å²) in [6, 6.07) is 3.90. The van der Waals surface area contributed by atoms with Crippen molar-refractivity contribution in [1.82, 2.24) is 14.7 Å². The maximum absolute atomic E-state index is 14.9. The molecule has 1 aliphatic carbocycles. The summed E-state index contributed by atoms with van der Waals surface area (Å²) in [5.41, 5.74) is 0.0408. The van der Waals surface area contributed by atoms with Crippen LogP contribution in [0, 0.1) is 28.4 Å². The Bertz CT molecular complexity index is 1060. The average molecular weight is 546 g/mol. The molecule has 218 valence electrons. The van der Waals surface area contributed by atoms with Crippen molar-refractivity contribution in [3.05, 3.63) is 35.4 Å². The van der Waals surface area contributed by atoms with Crippen LogP contribution in [-0.2, 0) is 9.59 Å². The minimum atomic E-state index is -0.609. The fourth-order valence-corrected chi connectivity index (χ4v) is 6.80. The predicted octanol–water partition coefficient (Wildman–Crippen LogP) is 6.22. The van der Waals surface area contributed by atoms with E-state index >= 15 is 0 Å². The number of likely N-dealkylation sites (tertiary alicyclic amines) is 2. The molecule has 3 aliphatic rings. The van der Waals surface area contributed by atoms with Crippen molar-refractivity contribution < 1.29 is 18.4 Å². The van der Waals surface area contributed by atoms with Gasteiger partial charge in [0.25, 0.3) is 0 Å². The normalized spacial score (nSPS) is 26.7. The zero-order chi connectivity index (χ0) is 28.9. The van der Waals surface area contributed by atoms with Crippen molar-refractivity contribution in [3.63, 3.8) is 0 Å². The summed E-state index contributed by atoms with van der Waals surface area (Å²) >= 11 is 0. The van der Waals surface area contributed by atoms with E-state index in [4.69, 9.17) is 0 Å². The highest BCUT2D eigenvalue weighted by molar-refractivity contribution is 5.83. The molecule has 2 heterocycles. The lowest BCUT2D eigenvalue weighted by molar-refractivity contribution is -0.147. The molecule has 5 nitrogen and oxygen atoms in total. The van der Waals surface area contributed by atoms with E-state index in [1.54, 1.807) is 0 Å². The first-order chi connectivity index (χ1) is 18.0. The van der Waals surface area contributed by atoms with Crippen molar-refractivity contribution >= 4 is 11.8 Å². The largest absolute Gasteiger partial charge is 0.340 e. The predicted molar refractivity (Wildman–Crippen MR) is 151 cm³/mol. The van der Waals surface area contributed by atoms with Crippen molar-refractivity contribution in [2.24, 2.45) is 16.7 Å². The molecule has 0 spiro atoms. The van der Waals surface area contributed by atoms with Gasteiger partial charge in [0.15, 0.2) is 0 Å². The van der Waals surface area contributed by atoms with Gasteiger partial charge in [-0.2, -0.15) is 0 Å². The summed E-state index contributed by atoms with van der Waals surface area (Å²) in [4.78, 5) is 34.1. The van der Waals surface area contributed by atoms with Gasteiger partial charge in [-0.1, -0.05) is 40.7 Å². The van der Waals surface area contributed by atoms with Crippen LogP contribution in [0.2, 0.25) is 0 Å². The second-order valence-corrected chi connectivity index (χ2v) is 15.0. The molecule has 0 aromatic heterocycles. The molecule has 4 rings (SSSR count). The Morgan fingerprint density at radius 1 is 0.923 bits per heavy atom. The van der Waals surface area contributed by atoms with E-state index in [0.29, 0.717) is 37.2 Å². The van der Waals surface area contributed by atoms with Gasteiger partial charge in [-0.3, -0.25) is 14.5 Å². The maximum Gasteiger partial charge on any atom is 0.228 e. The summed E-state index contributed by atoms with van der Waals surface area (Å²) < 4.78 is 28.6. The molecule has 2 aliphatic heterocycles. The molecule has 0 N–H and O–H groups in total. The first-order valence-corrected chi connectivity index (χ1v) is 14.8. The standard InChI is InChI=1S/C32H49F2N3O2/c1-30(2,3)29(39)37(22-11-14-32(7,8)15-12-22)23-13-16-35(18-23)28(38)26-20-36(31(4,5)6)19-25(26)24-10-9-21(33)17-27(24)34/h9-10,17,22-23,25-26H,11-16,18-20H2,1-8H3/t23-,25+,26?/m0/s1. The Hall–Kier alpha value is -2.02. The van der Waals surface area contributed by atoms with Gasteiger partial charge in [-0.15, -0.1) is 0 Å². The molecule has 1 aromatic rings. The van der Waals surface area contributed by atoms with Gasteiger partial charge in [0.05, 0.1) is 12.0 Å². The van der Waals surface area contributed by atoms with Crippen LogP contribution in [0.25, 0.3) is 0 Å². The molecule has 3 fully saturated rings. The number of nitrogens with zero attached hydrogens (tertiary/aromatic N) is 3. The van der Waals surface area contributed by atoms with Crippen molar-refractivity contribution in [1.29, 1.82) is 0 Å². The second kappa shape index (κ2) is 10.8. The monoisotopic (exact) mass is 545 g/mol. The fourth-order valence-electron chi connectivity index (χ4n) is 6.80. The summed E-state index contributed by atoms with van der Waals surface area (Å²) in [7, 11) is 0. The molecule has 0 radical (unpaired) electrons. The molecule has 2 amide bonds. The lowest BCUT2D eigenvalue weighted by Gasteiger charge is -2.45. The van der Waals surface area contributed by atoms with E-state index in [2.05, 4.69) is 44.4 Å². The van der Waals surface area contributed by atoms with Crippen LogP contribution in [0.1, 0.15) is 99.0 Å². The number of amides is 2. The molecule has 2 saturated heterocycles. The Morgan fingerprint density at radius 2 is 1.56 bits per heavy atom. The van der Waals surface area contributed by atoms with Crippen LogP contribution in [0.4, 0.5) is 8.78 Å². The third-order valence-electron chi connectivity index (χ3n) is 9.39. The minimum Gasteiger partial charge on any atom is -0.340 e. The van der Waals surface area contributed by atoms with Crippen molar-refractivity contribution in [2.45, 2.75) is 111 Å². The second-order valence-electron chi connectivity index (χ2n) is 15.0. The highest BCUT2D eigenvalue weighted by atomic mass is 19.1. The Kier molecular flexibility index (Phi) is 8.26. The van der Waals surface area contributed by atoms with E-state index in [0.717, 1.165) is 38.2 Å². The molecule has 1 saturated carbocycles. The number of halogens is 2. The topological polar surface area (TPSA) is 43.9 Å². The SMILES string of the molecule is CC1(C)CCC(N(C(=O)C(C)(C)C)[C@H]2CCN(C(=O)C3CN(C(C)(C)C)C[C@@H]3c3ccc(F)cc3F)C2)CC1. The van der Waals surface area contributed by atoms with Crippen LogP contribution >= 0.6 is 0 Å². The van der Waals surface area contributed by atoms with E-state index in [1.807, 2.05) is 25.7 Å². The van der Waals surface area contributed by atoms with Gasteiger partial charge in [0, 0.05) is 55.2 Å². The Labute approximate surface area is 234 Å². The quantitative estimate of drug-likeness (QED) is 0.451. The minimum absolute atomic E-state index is 0.00647. The first-order valence-electron chi connectivity index (χ1n) is 14.8. The number of rotatable bonds is 4. The van der Waals surface area contributed by atoms with E-state index in [-0.39, 0.29) is 35.4 Å². The van der Waals surface area contributed by atoms with Gasteiger partial charge in [-0.05, 0) is 69.9 Å². The first kappa shape index (κ1) is 30.0. The smallest absolute Gasteiger partial charge is 0.228 e. The zero-order valence-corrected chi connectivity index (χ0v) is 25.3. The van der Waals surface area contributed by atoms with Crippen LogP contribution in [0.5, 0.6) is 0 Å². The number of carbonyl (C=O) groups is 2. The number of hydrogen-bond donors (Lipinski definition) is 0. The van der Waals surface area contributed by atoms with Gasteiger partial charge < -0.3 is 9.80 Å². The third-order valence-corrected chi connectivity index (χ3v) is 9.39. The van der Waals surface area contributed by atoms with Crippen molar-refractivity contribution in [2.75, 3.05) is 26.2 Å². The number of hydrogen-bond acceptors (Lipinski definition) is 3. The van der Waals surface area contributed by atoms with E-state index < -0.39 is 23.0 Å². The molecule has 3 atom stereocenters. The third kappa shape index (κ3) is 6.49. The average Bonchev–Trinajstić information content (AvgIpc) is 3.47. The van der Waals surface area contributed by atoms with Crippen molar-refractivity contribution in [3.8, 4) is 0 Å². The lowest BCUT2D eigenvalue weighted by Crippen LogP contribution is -2.54. The molecule has 1 aromatic carbocycles. The van der Waals surface area contributed by atoms with E-state index in [9.17, 15) is 18.4 Å². The summed E-state index contributed by atoms with van der Waals surface area (Å²) in [5, 5.41) is 0. The lowest BCUT2D eigenvalue weighted by atomic mass is 9.74. The summed E-state index contributed by atoms with van der Waals surface area (Å²) in [6.07, 6.45) is 4.94. The highest BCUT2D eigenvalue weighted by Gasteiger charge is 2.47. The molecule has 7 heteroatoms. The molecule has 1 unspecified atom stereocenters. The van der Waals surface area contributed by atoms with Crippen LogP contribution < -0.4 is 0 Å². The van der Waals surface area contributed by atoms with Gasteiger partial charge in [0.1, 0.15) is 11.6 Å². The Morgan fingerprint density at radius 3 is 2.13 bits per heavy atom.